The standard InChI is InChI=1S/C16H12BrNOS/c1-10-2-4-14(17)13(8-10)16(19)18-12-3-5-15-11(9-12)6-7-20-15/h2-9H,1H3,(H,18,19). The molecule has 0 saturated heterocycles. The van der Waals surface area contributed by atoms with Crippen molar-refractivity contribution in [3.63, 3.8) is 0 Å². The molecule has 3 aromatic rings. The first-order valence-corrected chi connectivity index (χ1v) is 7.85. The predicted molar refractivity (Wildman–Crippen MR) is 88.7 cm³/mol. The summed E-state index contributed by atoms with van der Waals surface area (Å²) in [6, 6.07) is 13.8. The lowest BCUT2D eigenvalue weighted by Gasteiger charge is -2.08. The molecular formula is C16H12BrNOS. The van der Waals surface area contributed by atoms with Crippen LogP contribution in [0.1, 0.15) is 15.9 Å². The molecule has 0 saturated carbocycles. The fraction of sp³-hybridized carbons (Fsp3) is 0.0625. The van der Waals surface area contributed by atoms with E-state index in [1.165, 1.54) is 4.70 Å². The van der Waals surface area contributed by atoms with Crippen molar-refractivity contribution in [2.45, 2.75) is 6.92 Å². The first-order chi connectivity index (χ1) is 9.63. The Kier molecular flexibility index (Phi) is 3.59. The number of halogens is 1. The number of rotatable bonds is 2. The summed E-state index contributed by atoms with van der Waals surface area (Å²) in [7, 11) is 0. The van der Waals surface area contributed by atoms with E-state index in [1.807, 2.05) is 48.7 Å². The van der Waals surface area contributed by atoms with Crippen molar-refractivity contribution in [2.75, 3.05) is 5.32 Å². The lowest BCUT2D eigenvalue weighted by atomic mass is 10.1. The van der Waals surface area contributed by atoms with E-state index < -0.39 is 0 Å². The summed E-state index contributed by atoms with van der Waals surface area (Å²) in [6.07, 6.45) is 0. The molecule has 0 aliphatic heterocycles. The highest BCUT2D eigenvalue weighted by Crippen LogP contribution is 2.25. The van der Waals surface area contributed by atoms with Gasteiger partial charge in [0.25, 0.3) is 5.91 Å². The van der Waals surface area contributed by atoms with Gasteiger partial charge in [0.15, 0.2) is 0 Å². The SMILES string of the molecule is Cc1ccc(Br)c(C(=O)Nc2ccc3sccc3c2)c1. The van der Waals surface area contributed by atoms with Crippen LogP contribution >= 0.6 is 27.3 Å². The van der Waals surface area contributed by atoms with Crippen LogP contribution in [0.25, 0.3) is 10.1 Å². The molecule has 0 aliphatic rings. The smallest absolute Gasteiger partial charge is 0.256 e. The fourth-order valence-electron chi connectivity index (χ4n) is 2.06. The van der Waals surface area contributed by atoms with Gasteiger partial charge in [-0.25, -0.2) is 0 Å². The monoisotopic (exact) mass is 345 g/mol. The summed E-state index contributed by atoms with van der Waals surface area (Å²) in [4.78, 5) is 12.3. The van der Waals surface area contributed by atoms with Gasteiger partial charge in [-0.2, -0.15) is 0 Å². The molecule has 1 aromatic heterocycles. The summed E-state index contributed by atoms with van der Waals surface area (Å²) in [5, 5.41) is 6.14. The largest absolute Gasteiger partial charge is 0.322 e. The minimum absolute atomic E-state index is 0.102. The molecule has 20 heavy (non-hydrogen) atoms. The van der Waals surface area contributed by atoms with Gasteiger partial charge >= 0.3 is 0 Å². The minimum Gasteiger partial charge on any atom is -0.322 e. The molecule has 0 unspecified atom stereocenters. The highest BCUT2D eigenvalue weighted by atomic mass is 79.9. The Hall–Kier alpha value is -1.65. The van der Waals surface area contributed by atoms with Crippen molar-refractivity contribution >= 4 is 48.9 Å². The predicted octanol–water partition coefficient (Wildman–Crippen LogP) is 5.22. The van der Waals surface area contributed by atoms with Crippen LogP contribution in [0.5, 0.6) is 0 Å². The van der Waals surface area contributed by atoms with Crippen LogP contribution in [0.2, 0.25) is 0 Å². The fourth-order valence-corrected chi connectivity index (χ4v) is 3.25. The maximum Gasteiger partial charge on any atom is 0.256 e. The molecule has 2 nitrogen and oxygen atoms in total. The average molecular weight is 346 g/mol. The van der Waals surface area contributed by atoms with Gasteiger partial charge in [0.05, 0.1) is 5.56 Å². The first kappa shape index (κ1) is 13.3. The maximum absolute atomic E-state index is 12.3. The van der Waals surface area contributed by atoms with Crippen LogP contribution in [0.3, 0.4) is 0 Å². The second kappa shape index (κ2) is 5.38. The van der Waals surface area contributed by atoms with Gasteiger partial charge in [0.1, 0.15) is 0 Å². The summed E-state index contributed by atoms with van der Waals surface area (Å²) in [5.41, 5.74) is 2.52. The second-order valence-electron chi connectivity index (χ2n) is 4.61. The highest BCUT2D eigenvalue weighted by molar-refractivity contribution is 9.10. The topological polar surface area (TPSA) is 29.1 Å². The zero-order valence-corrected chi connectivity index (χ0v) is 13.2. The number of thiophene rings is 1. The Morgan fingerprint density at radius 1 is 1.15 bits per heavy atom. The molecule has 0 spiro atoms. The van der Waals surface area contributed by atoms with Gasteiger partial charge < -0.3 is 5.32 Å². The van der Waals surface area contributed by atoms with E-state index in [4.69, 9.17) is 0 Å². The summed E-state index contributed by atoms with van der Waals surface area (Å²) >= 11 is 5.11. The van der Waals surface area contributed by atoms with E-state index in [9.17, 15) is 4.79 Å². The molecule has 0 aliphatic carbocycles. The molecule has 4 heteroatoms. The van der Waals surface area contributed by atoms with Crippen LogP contribution in [0, 0.1) is 6.92 Å². The number of hydrogen-bond acceptors (Lipinski definition) is 2. The summed E-state index contributed by atoms with van der Waals surface area (Å²) in [5.74, 6) is -0.102. The molecule has 0 bridgehead atoms. The quantitative estimate of drug-likeness (QED) is 0.677. The Bertz CT molecular complexity index is 794. The van der Waals surface area contributed by atoms with Gasteiger partial charge in [-0.05, 0) is 70.0 Å². The maximum atomic E-state index is 12.3. The van der Waals surface area contributed by atoms with Crippen LogP contribution in [-0.4, -0.2) is 5.91 Å². The summed E-state index contributed by atoms with van der Waals surface area (Å²) in [6.45, 7) is 1.97. The van der Waals surface area contributed by atoms with Crippen LogP contribution in [0.15, 0.2) is 52.3 Å². The number of amides is 1. The molecule has 1 amide bonds. The number of fused-ring (bicyclic) bond motifs is 1. The van der Waals surface area contributed by atoms with Crippen LogP contribution in [-0.2, 0) is 0 Å². The second-order valence-corrected chi connectivity index (χ2v) is 6.41. The Labute approximate surface area is 129 Å². The molecule has 1 heterocycles. The number of benzene rings is 2. The van der Waals surface area contributed by atoms with Crippen molar-refractivity contribution < 1.29 is 4.79 Å². The third-order valence-corrected chi connectivity index (χ3v) is 4.67. The molecule has 2 aromatic carbocycles. The van der Waals surface area contributed by atoms with Crippen molar-refractivity contribution in [1.29, 1.82) is 0 Å². The van der Waals surface area contributed by atoms with Gasteiger partial charge in [-0.1, -0.05) is 11.6 Å². The van der Waals surface area contributed by atoms with Crippen molar-refractivity contribution in [3.8, 4) is 0 Å². The van der Waals surface area contributed by atoms with Crippen molar-refractivity contribution in [2.24, 2.45) is 0 Å². The Morgan fingerprint density at radius 3 is 2.85 bits per heavy atom. The Morgan fingerprint density at radius 2 is 2.00 bits per heavy atom. The van der Waals surface area contributed by atoms with E-state index in [0.717, 1.165) is 21.1 Å². The number of carbonyl (C=O) groups excluding carboxylic acids is 1. The van der Waals surface area contributed by atoms with Gasteiger partial charge in [0, 0.05) is 14.9 Å². The zero-order chi connectivity index (χ0) is 14.1. The minimum atomic E-state index is -0.102. The number of aryl methyl sites for hydroxylation is 1. The Balaban J connectivity index is 1.89. The number of anilines is 1. The van der Waals surface area contributed by atoms with Gasteiger partial charge in [-0.15, -0.1) is 11.3 Å². The first-order valence-electron chi connectivity index (χ1n) is 6.18. The molecule has 0 atom stereocenters. The number of hydrogen-bond donors (Lipinski definition) is 1. The third kappa shape index (κ3) is 2.62. The van der Waals surface area contributed by atoms with E-state index in [1.54, 1.807) is 11.3 Å². The molecular weight excluding hydrogens is 334 g/mol. The van der Waals surface area contributed by atoms with Crippen LogP contribution in [0.4, 0.5) is 5.69 Å². The van der Waals surface area contributed by atoms with Crippen molar-refractivity contribution in [3.05, 3.63) is 63.4 Å². The number of carbonyl (C=O) groups is 1. The van der Waals surface area contributed by atoms with Crippen LogP contribution < -0.4 is 5.32 Å². The molecule has 0 radical (unpaired) electrons. The van der Waals surface area contributed by atoms with E-state index in [0.29, 0.717) is 5.56 Å². The van der Waals surface area contributed by atoms with E-state index in [2.05, 4.69) is 27.3 Å². The average Bonchev–Trinajstić information content (AvgIpc) is 2.89. The highest BCUT2D eigenvalue weighted by Gasteiger charge is 2.10. The lowest BCUT2D eigenvalue weighted by molar-refractivity contribution is 0.102. The van der Waals surface area contributed by atoms with Crippen molar-refractivity contribution in [1.82, 2.24) is 0 Å². The third-order valence-electron chi connectivity index (χ3n) is 3.08. The van der Waals surface area contributed by atoms with Gasteiger partial charge in [0.2, 0.25) is 0 Å². The van der Waals surface area contributed by atoms with E-state index in [-0.39, 0.29) is 5.91 Å². The van der Waals surface area contributed by atoms with E-state index >= 15 is 0 Å². The normalized spacial score (nSPS) is 10.7. The lowest BCUT2D eigenvalue weighted by Crippen LogP contribution is -2.12. The molecule has 100 valence electrons. The molecule has 1 N–H and O–H groups in total. The summed E-state index contributed by atoms with van der Waals surface area (Å²) < 4.78 is 2.02. The number of nitrogens with one attached hydrogen (secondary N) is 1. The molecule has 3 rings (SSSR count). The molecule has 0 fully saturated rings. The zero-order valence-electron chi connectivity index (χ0n) is 10.8. The van der Waals surface area contributed by atoms with Gasteiger partial charge in [-0.3, -0.25) is 4.79 Å².